The maximum absolute atomic E-state index is 12.6. The molecule has 0 aliphatic carbocycles. The summed E-state index contributed by atoms with van der Waals surface area (Å²) >= 11 is 6.04. The average molecular weight is 369 g/mol. The van der Waals surface area contributed by atoms with Gasteiger partial charge in [0.1, 0.15) is 25.0 Å². The van der Waals surface area contributed by atoms with Crippen molar-refractivity contribution in [2.45, 2.75) is 13.0 Å². The molecule has 0 spiro atoms. The van der Waals surface area contributed by atoms with Gasteiger partial charge in [0, 0.05) is 10.7 Å². The molecule has 0 saturated carbocycles. The number of fused-ring (bicyclic) bond motifs is 1. The molecule has 26 heavy (non-hydrogen) atoms. The molecule has 3 aromatic rings. The van der Waals surface area contributed by atoms with E-state index in [2.05, 4.69) is 15.4 Å². The molecule has 0 saturated heterocycles. The largest absolute Gasteiger partial charge is 0.492 e. The second-order valence-electron chi connectivity index (χ2n) is 6.25. The van der Waals surface area contributed by atoms with Crippen LogP contribution in [0, 0.1) is 5.92 Å². The lowest BCUT2D eigenvalue weighted by Crippen LogP contribution is -2.32. The number of anilines is 1. The van der Waals surface area contributed by atoms with E-state index >= 15 is 0 Å². The summed E-state index contributed by atoms with van der Waals surface area (Å²) in [5, 5.41) is 7.72. The molecule has 7 heteroatoms. The second-order valence-corrected chi connectivity index (χ2v) is 6.68. The maximum Gasteiger partial charge on any atom is 0.231 e. The van der Waals surface area contributed by atoms with E-state index in [1.54, 1.807) is 17.1 Å². The van der Waals surface area contributed by atoms with Crippen LogP contribution in [0.3, 0.4) is 0 Å². The van der Waals surface area contributed by atoms with Crippen LogP contribution in [0.5, 0.6) is 5.75 Å². The normalized spacial score (nSPS) is 15.8. The summed E-state index contributed by atoms with van der Waals surface area (Å²) < 4.78 is 7.44. The summed E-state index contributed by atoms with van der Waals surface area (Å²) in [4.78, 5) is 16.6. The molecule has 2 aromatic carbocycles. The Balaban J connectivity index is 1.43. The smallest absolute Gasteiger partial charge is 0.231 e. The molecule has 1 N–H and O–H groups in total. The fourth-order valence-corrected chi connectivity index (χ4v) is 3.22. The topological polar surface area (TPSA) is 69.0 Å². The number of nitrogens with zero attached hydrogens (tertiary/aromatic N) is 3. The number of carbonyl (C=O) groups is 1. The van der Waals surface area contributed by atoms with E-state index in [1.165, 1.54) is 6.33 Å². The van der Waals surface area contributed by atoms with E-state index in [0.29, 0.717) is 24.6 Å². The van der Waals surface area contributed by atoms with Gasteiger partial charge in [-0.2, -0.15) is 5.10 Å². The van der Waals surface area contributed by atoms with Crippen LogP contribution in [0.25, 0.3) is 0 Å². The van der Waals surface area contributed by atoms with Crippen molar-refractivity contribution in [3.63, 3.8) is 0 Å². The number of hydrogen-bond acceptors (Lipinski definition) is 4. The van der Waals surface area contributed by atoms with Crippen LogP contribution in [0.4, 0.5) is 5.69 Å². The van der Waals surface area contributed by atoms with Crippen LogP contribution in [-0.4, -0.2) is 27.3 Å². The quantitative estimate of drug-likeness (QED) is 0.768. The molecule has 1 aromatic heterocycles. The van der Waals surface area contributed by atoms with Crippen molar-refractivity contribution in [3.05, 3.63) is 71.3 Å². The average Bonchev–Trinajstić information content (AvgIpc) is 3.14. The molecule has 4 rings (SSSR count). The second kappa shape index (κ2) is 7.17. The molecular formula is C19H17ClN4O2. The van der Waals surface area contributed by atoms with Crippen molar-refractivity contribution in [2.24, 2.45) is 5.92 Å². The third-order valence-corrected chi connectivity index (χ3v) is 4.54. The van der Waals surface area contributed by atoms with Crippen molar-refractivity contribution < 1.29 is 9.53 Å². The third kappa shape index (κ3) is 3.70. The van der Waals surface area contributed by atoms with Crippen LogP contribution in [-0.2, 0) is 17.8 Å². The van der Waals surface area contributed by atoms with Gasteiger partial charge in [-0.15, -0.1) is 0 Å². The number of ether oxygens (including phenoxy) is 1. The van der Waals surface area contributed by atoms with Crippen molar-refractivity contribution in [1.29, 1.82) is 0 Å². The first-order valence-corrected chi connectivity index (χ1v) is 8.68. The van der Waals surface area contributed by atoms with Gasteiger partial charge in [-0.25, -0.2) is 9.67 Å². The number of aromatic nitrogens is 3. The summed E-state index contributed by atoms with van der Waals surface area (Å²) in [5.74, 6) is 0.488. The highest BCUT2D eigenvalue weighted by Crippen LogP contribution is 2.30. The van der Waals surface area contributed by atoms with Crippen LogP contribution in [0.15, 0.2) is 55.1 Å². The first-order valence-electron chi connectivity index (χ1n) is 8.31. The summed E-state index contributed by atoms with van der Waals surface area (Å²) in [6.45, 7) is 0.960. The fourth-order valence-electron chi connectivity index (χ4n) is 3.02. The molecule has 132 valence electrons. The first kappa shape index (κ1) is 16.6. The van der Waals surface area contributed by atoms with Gasteiger partial charge in [0.05, 0.1) is 12.5 Å². The van der Waals surface area contributed by atoms with Gasteiger partial charge in [-0.05, 0) is 47.9 Å². The van der Waals surface area contributed by atoms with E-state index in [-0.39, 0.29) is 11.8 Å². The lowest BCUT2D eigenvalue weighted by atomic mass is 9.96. The molecule has 1 atom stereocenters. The highest BCUT2D eigenvalue weighted by Gasteiger charge is 2.26. The predicted octanol–water partition coefficient (Wildman–Crippen LogP) is 3.17. The van der Waals surface area contributed by atoms with Gasteiger partial charge in [-0.1, -0.05) is 23.7 Å². The van der Waals surface area contributed by atoms with E-state index in [1.807, 2.05) is 36.4 Å². The van der Waals surface area contributed by atoms with Crippen LogP contribution < -0.4 is 10.1 Å². The summed E-state index contributed by atoms with van der Waals surface area (Å²) in [6.07, 6.45) is 3.77. The highest BCUT2D eigenvalue weighted by atomic mass is 35.5. The van der Waals surface area contributed by atoms with E-state index < -0.39 is 0 Å². The minimum absolute atomic E-state index is 0.0615. The Morgan fingerprint density at radius 3 is 3.08 bits per heavy atom. The zero-order chi connectivity index (χ0) is 17.9. The molecule has 1 aliphatic heterocycles. The Morgan fingerprint density at radius 1 is 1.31 bits per heavy atom. The maximum atomic E-state index is 12.6. The molecule has 0 radical (unpaired) electrons. The summed E-state index contributed by atoms with van der Waals surface area (Å²) in [7, 11) is 0. The molecule has 0 fully saturated rings. The van der Waals surface area contributed by atoms with Crippen LogP contribution in [0.2, 0.25) is 5.02 Å². The number of nitrogens with one attached hydrogen (secondary N) is 1. The van der Waals surface area contributed by atoms with Gasteiger partial charge in [-0.3, -0.25) is 4.79 Å². The Hall–Kier alpha value is -2.86. The molecule has 6 nitrogen and oxygen atoms in total. The Kier molecular flexibility index (Phi) is 4.58. The fraction of sp³-hybridized carbons (Fsp3) is 0.211. The summed E-state index contributed by atoms with van der Waals surface area (Å²) in [5.41, 5.74) is 2.75. The molecule has 2 heterocycles. The Bertz CT molecular complexity index is 927. The minimum atomic E-state index is -0.250. The van der Waals surface area contributed by atoms with Gasteiger partial charge in [0.15, 0.2) is 0 Å². The number of benzene rings is 2. The number of amides is 1. The van der Waals surface area contributed by atoms with Crippen molar-refractivity contribution >= 4 is 23.2 Å². The molecule has 0 bridgehead atoms. The number of halogens is 1. The van der Waals surface area contributed by atoms with Crippen molar-refractivity contribution in [2.75, 3.05) is 11.9 Å². The Morgan fingerprint density at radius 2 is 2.23 bits per heavy atom. The van der Waals surface area contributed by atoms with Gasteiger partial charge in [0.2, 0.25) is 5.91 Å². The molecule has 1 unspecified atom stereocenters. The summed E-state index contributed by atoms with van der Waals surface area (Å²) in [6, 6.07) is 13.2. The SMILES string of the molecule is O=C(Nc1cccc(Cn2cncn2)c1)C1COc2ccc(Cl)cc2C1. The van der Waals surface area contributed by atoms with E-state index in [0.717, 1.165) is 22.6 Å². The van der Waals surface area contributed by atoms with Gasteiger partial charge >= 0.3 is 0 Å². The zero-order valence-electron chi connectivity index (χ0n) is 13.9. The number of carbonyl (C=O) groups excluding carboxylic acids is 1. The Labute approximate surface area is 155 Å². The first-order chi connectivity index (χ1) is 12.7. The lowest BCUT2D eigenvalue weighted by Gasteiger charge is -2.24. The lowest BCUT2D eigenvalue weighted by molar-refractivity contribution is -0.121. The van der Waals surface area contributed by atoms with Crippen molar-refractivity contribution in [1.82, 2.24) is 14.8 Å². The zero-order valence-corrected chi connectivity index (χ0v) is 14.7. The van der Waals surface area contributed by atoms with E-state index in [9.17, 15) is 4.79 Å². The standard InChI is InChI=1S/C19H17ClN4O2/c20-16-4-5-18-14(8-16)7-15(10-26-18)19(25)23-17-3-1-2-13(6-17)9-24-12-21-11-22-24/h1-6,8,11-12,15H,7,9-10H2,(H,23,25). The van der Waals surface area contributed by atoms with Crippen LogP contribution >= 0.6 is 11.6 Å². The van der Waals surface area contributed by atoms with Gasteiger partial charge in [0.25, 0.3) is 0 Å². The van der Waals surface area contributed by atoms with E-state index in [4.69, 9.17) is 16.3 Å². The highest BCUT2D eigenvalue weighted by molar-refractivity contribution is 6.30. The molecule has 1 amide bonds. The third-order valence-electron chi connectivity index (χ3n) is 4.31. The van der Waals surface area contributed by atoms with Gasteiger partial charge < -0.3 is 10.1 Å². The van der Waals surface area contributed by atoms with Crippen molar-refractivity contribution in [3.8, 4) is 5.75 Å². The minimum Gasteiger partial charge on any atom is -0.492 e. The number of hydrogen-bond donors (Lipinski definition) is 1. The predicted molar refractivity (Wildman–Crippen MR) is 98.3 cm³/mol. The number of rotatable bonds is 4. The monoisotopic (exact) mass is 368 g/mol. The van der Waals surface area contributed by atoms with Crippen LogP contribution in [0.1, 0.15) is 11.1 Å². The molecular weight excluding hydrogens is 352 g/mol. The molecule has 1 aliphatic rings.